The third kappa shape index (κ3) is 5.89. The SMILES string of the molecule is Cn1c2ccc(NC(=O)CCC(=O)O)cc2c2nc(SCC(=O)NC3CCCCC3)n(-c3ccccc3)c(=O)c21. The molecule has 0 aliphatic heterocycles. The lowest BCUT2D eigenvalue weighted by Gasteiger charge is -2.22. The van der Waals surface area contributed by atoms with Crippen LogP contribution in [0, 0.1) is 0 Å². The quantitative estimate of drug-likeness (QED) is 0.206. The fourth-order valence-corrected chi connectivity index (χ4v) is 6.01. The van der Waals surface area contributed by atoms with Crippen LogP contribution < -0.4 is 16.2 Å². The van der Waals surface area contributed by atoms with Crippen molar-refractivity contribution in [2.45, 2.75) is 56.1 Å². The molecule has 1 fully saturated rings. The number of carbonyl (C=O) groups excluding carboxylic acids is 2. The van der Waals surface area contributed by atoms with Gasteiger partial charge in [0.1, 0.15) is 11.0 Å². The predicted molar refractivity (Wildman–Crippen MR) is 155 cm³/mol. The number of carboxylic acids is 1. The van der Waals surface area contributed by atoms with E-state index < -0.39 is 11.9 Å². The van der Waals surface area contributed by atoms with Gasteiger partial charge in [0, 0.05) is 30.6 Å². The number of amides is 2. The summed E-state index contributed by atoms with van der Waals surface area (Å²) >= 11 is 1.21. The van der Waals surface area contributed by atoms with Crippen LogP contribution in [0.4, 0.5) is 5.69 Å². The van der Waals surface area contributed by atoms with Gasteiger partial charge in [-0.1, -0.05) is 49.2 Å². The van der Waals surface area contributed by atoms with Crippen LogP contribution in [0.3, 0.4) is 0 Å². The molecule has 0 bridgehead atoms. The molecule has 5 rings (SSSR count). The first kappa shape index (κ1) is 27.4. The number of benzene rings is 2. The van der Waals surface area contributed by atoms with Gasteiger partial charge in [0.15, 0.2) is 5.16 Å². The van der Waals surface area contributed by atoms with E-state index in [1.54, 1.807) is 29.8 Å². The van der Waals surface area contributed by atoms with Gasteiger partial charge in [0.2, 0.25) is 11.8 Å². The summed E-state index contributed by atoms with van der Waals surface area (Å²) in [5.74, 6) is -1.43. The second-order valence-electron chi connectivity index (χ2n) is 9.99. The van der Waals surface area contributed by atoms with Crippen molar-refractivity contribution in [3.8, 4) is 5.69 Å². The molecule has 208 valence electrons. The van der Waals surface area contributed by atoms with E-state index in [0.29, 0.717) is 33.0 Å². The molecule has 2 amide bonds. The summed E-state index contributed by atoms with van der Waals surface area (Å²) in [5, 5.41) is 15.8. The molecule has 1 aliphatic rings. The Hall–Kier alpha value is -4.12. The minimum Gasteiger partial charge on any atom is -0.481 e. The van der Waals surface area contributed by atoms with Gasteiger partial charge >= 0.3 is 5.97 Å². The van der Waals surface area contributed by atoms with Crippen LogP contribution in [0.15, 0.2) is 58.5 Å². The number of aliphatic carboxylic acids is 1. The fraction of sp³-hybridized carbons (Fsp3) is 0.345. The van der Waals surface area contributed by atoms with Gasteiger partial charge in [-0.25, -0.2) is 4.98 Å². The van der Waals surface area contributed by atoms with E-state index >= 15 is 0 Å². The number of carboxylic acid groups (broad SMARTS) is 1. The molecule has 1 saturated carbocycles. The Morgan fingerprint density at radius 2 is 1.77 bits per heavy atom. The van der Waals surface area contributed by atoms with E-state index in [-0.39, 0.29) is 36.1 Å². The molecule has 2 aromatic heterocycles. The van der Waals surface area contributed by atoms with E-state index in [0.717, 1.165) is 31.2 Å². The molecular formula is C29H31N5O5S. The summed E-state index contributed by atoms with van der Waals surface area (Å²) in [6, 6.07) is 14.6. The van der Waals surface area contributed by atoms with Crippen molar-refractivity contribution >= 4 is 57.2 Å². The van der Waals surface area contributed by atoms with Crippen LogP contribution >= 0.6 is 11.8 Å². The number of thioether (sulfide) groups is 1. The van der Waals surface area contributed by atoms with Gasteiger partial charge in [-0.3, -0.25) is 23.7 Å². The van der Waals surface area contributed by atoms with Crippen molar-refractivity contribution in [2.24, 2.45) is 7.05 Å². The van der Waals surface area contributed by atoms with E-state index in [9.17, 15) is 19.2 Å². The number of hydrogen-bond acceptors (Lipinski definition) is 6. The topological polar surface area (TPSA) is 135 Å². The van der Waals surface area contributed by atoms with E-state index in [4.69, 9.17) is 10.1 Å². The van der Waals surface area contributed by atoms with Gasteiger partial charge in [-0.2, -0.15) is 0 Å². The third-order valence-electron chi connectivity index (χ3n) is 7.14. The number of fused-ring (bicyclic) bond motifs is 3. The maximum Gasteiger partial charge on any atom is 0.303 e. The van der Waals surface area contributed by atoms with Gasteiger partial charge in [0.05, 0.1) is 23.4 Å². The van der Waals surface area contributed by atoms with Crippen molar-refractivity contribution in [3.63, 3.8) is 0 Å². The van der Waals surface area contributed by atoms with E-state index in [1.165, 1.54) is 22.7 Å². The summed E-state index contributed by atoms with van der Waals surface area (Å²) in [6.07, 6.45) is 5.00. The highest BCUT2D eigenvalue weighted by Gasteiger charge is 2.22. The normalized spacial score (nSPS) is 13.9. The zero-order chi connectivity index (χ0) is 28.2. The Bertz CT molecular complexity index is 1640. The minimum absolute atomic E-state index is 0.0878. The molecule has 0 saturated heterocycles. The highest BCUT2D eigenvalue weighted by molar-refractivity contribution is 7.99. The smallest absolute Gasteiger partial charge is 0.303 e. The second-order valence-corrected chi connectivity index (χ2v) is 10.9. The molecule has 3 N–H and O–H groups in total. The summed E-state index contributed by atoms with van der Waals surface area (Å²) in [7, 11) is 1.79. The minimum atomic E-state index is -1.05. The van der Waals surface area contributed by atoms with Crippen LogP contribution in [0.1, 0.15) is 44.9 Å². The molecule has 2 aromatic carbocycles. The van der Waals surface area contributed by atoms with Crippen molar-refractivity contribution in [2.75, 3.05) is 11.1 Å². The van der Waals surface area contributed by atoms with Crippen molar-refractivity contribution in [1.29, 1.82) is 0 Å². The van der Waals surface area contributed by atoms with Gasteiger partial charge in [-0.15, -0.1) is 0 Å². The number of para-hydroxylation sites is 1. The summed E-state index contributed by atoms with van der Waals surface area (Å²) in [6.45, 7) is 0. The molecule has 10 nitrogen and oxygen atoms in total. The molecule has 2 heterocycles. The van der Waals surface area contributed by atoms with Crippen LogP contribution in [-0.2, 0) is 21.4 Å². The maximum atomic E-state index is 14.0. The van der Waals surface area contributed by atoms with E-state index in [2.05, 4.69) is 10.6 Å². The van der Waals surface area contributed by atoms with E-state index in [1.807, 2.05) is 30.3 Å². The number of nitrogens with zero attached hydrogens (tertiary/aromatic N) is 3. The first-order valence-corrected chi connectivity index (χ1v) is 14.3. The Balaban J connectivity index is 1.53. The number of anilines is 1. The first-order valence-electron chi connectivity index (χ1n) is 13.4. The Morgan fingerprint density at radius 3 is 2.50 bits per heavy atom. The van der Waals surface area contributed by atoms with Crippen LogP contribution in [-0.4, -0.2) is 48.8 Å². The average molecular weight is 562 g/mol. The Morgan fingerprint density at radius 1 is 1.02 bits per heavy atom. The van der Waals surface area contributed by atoms with Gasteiger partial charge in [-0.05, 0) is 43.2 Å². The summed E-state index contributed by atoms with van der Waals surface area (Å²) < 4.78 is 3.31. The monoisotopic (exact) mass is 561 g/mol. The lowest BCUT2D eigenvalue weighted by atomic mass is 9.95. The first-order chi connectivity index (χ1) is 19.3. The number of nitrogens with one attached hydrogen (secondary N) is 2. The lowest BCUT2D eigenvalue weighted by Crippen LogP contribution is -2.37. The largest absolute Gasteiger partial charge is 0.481 e. The molecule has 0 unspecified atom stereocenters. The zero-order valence-electron chi connectivity index (χ0n) is 22.2. The summed E-state index contributed by atoms with van der Waals surface area (Å²) in [4.78, 5) is 54.7. The van der Waals surface area contributed by atoms with Crippen molar-refractivity contribution in [3.05, 3.63) is 58.9 Å². The second kappa shape index (κ2) is 12.0. The number of aryl methyl sites for hydroxylation is 1. The predicted octanol–water partition coefficient (Wildman–Crippen LogP) is 4.22. The number of carbonyl (C=O) groups is 3. The molecule has 0 radical (unpaired) electrons. The average Bonchev–Trinajstić information content (AvgIpc) is 3.23. The molecule has 0 spiro atoms. The molecule has 4 aromatic rings. The molecular weight excluding hydrogens is 530 g/mol. The fourth-order valence-electron chi connectivity index (χ4n) is 5.19. The van der Waals surface area contributed by atoms with Crippen molar-refractivity contribution < 1.29 is 19.5 Å². The number of aromatic nitrogens is 3. The Labute approximate surface area is 234 Å². The number of hydrogen-bond donors (Lipinski definition) is 3. The maximum absolute atomic E-state index is 14.0. The highest BCUT2D eigenvalue weighted by Crippen LogP contribution is 2.30. The molecule has 0 atom stereocenters. The van der Waals surface area contributed by atoms with Gasteiger partial charge in [0.25, 0.3) is 5.56 Å². The lowest BCUT2D eigenvalue weighted by molar-refractivity contribution is -0.138. The highest BCUT2D eigenvalue weighted by atomic mass is 32.2. The molecule has 11 heteroatoms. The molecule has 1 aliphatic carbocycles. The Kier molecular flexibility index (Phi) is 8.20. The summed E-state index contributed by atoms with van der Waals surface area (Å²) in [5.41, 5.74) is 2.46. The van der Waals surface area contributed by atoms with Crippen LogP contribution in [0.5, 0.6) is 0 Å². The number of rotatable bonds is 9. The van der Waals surface area contributed by atoms with Crippen LogP contribution in [0.2, 0.25) is 0 Å². The van der Waals surface area contributed by atoms with Gasteiger partial charge < -0.3 is 20.3 Å². The third-order valence-corrected chi connectivity index (χ3v) is 8.08. The molecule has 40 heavy (non-hydrogen) atoms. The zero-order valence-corrected chi connectivity index (χ0v) is 23.0. The standard InChI is InChI=1S/C29H31N5O5S/c1-33-22-13-12-19(31-23(35)14-15-25(37)38)16-21(22)26-27(33)28(39)34(20-10-6-3-7-11-20)29(32-26)40-17-24(36)30-18-8-4-2-5-9-18/h3,6-7,10-13,16,18H,2,4-5,8-9,14-15,17H2,1H3,(H,30,36)(H,31,35)(H,37,38). The van der Waals surface area contributed by atoms with Crippen LogP contribution in [0.25, 0.3) is 27.6 Å². The van der Waals surface area contributed by atoms with Crippen molar-refractivity contribution in [1.82, 2.24) is 19.4 Å².